The average Bonchev–Trinajstić information content (AvgIpc) is 2.85. The molecular formula is C12H12ClN3O4. The molecule has 0 aliphatic carbocycles. The summed E-state index contributed by atoms with van der Waals surface area (Å²) in [6, 6.07) is 6.91. The van der Waals surface area contributed by atoms with Crippen molar-refractivity contribution in [1.29, 1.82) is 0 Å². The number of hydrogen-bond donors (Lipinski definition) is 3. The van der Waals surface area contributed by atoms with Gasteiger partial charge in [0.15, 0.2) is 5.60 Å². The minimum atomic E-state index is -1.93. The molecule has 106 valence electrons. The standard InChI is InChI=1S/C12H12ClN3O4/c1-12(19,10(17)18)6-14-11-15-9(16-20-11)7-3-2-4-8(13)5-7/h2-5,19H,6H2,1H3,(H,17,18)(H,14,15,16). The van der Waals surface area contributed by atoms with Crippen LogP contribution >= 0.6 is 11.6 Å². The molecule has 0 amide bonds. The number of halogens is 1. The zero-order valence-electron chi connectivity index (χ0n) is 10.5. The molecular weight excluding hydrogens is 286 g/mol. The van der Waals surface area contributed by atoms with E-state index in [0.29, 0.717) is 16.4 Å². The van der Waals surface area contributed by atoms with Gasteiger partial charge >= 0.3 is 12.0 Å². The summed E-state index contributed by atoms with van der Waals surface area (Å²) in [5.41, 5.74) is -1.26. The molecule has 1 aromatic carbocycles. The third kappa shape index (κ3) is 3.25. The fourth-order valence-electron chi connectivity index (χ4n) is 1.36. The summed E-state index contributed by atoms with van der Waals surface area (Å²) in [4.78, 5) is 14.8. The van der Waals surface area contributed by atoms with Crippen LogP contribution in [0.2, 0.25) is 5.02 Å². The van der Waals surface area contributed by atoms with E-state index in [2.05, 4.69) is 15.5 Å². The monoisotopic (exact) mass is 297 g/mol. The van der Waals surface area contributed by atoms with E-state index in [9.17, 15) is 9.90 Å². The number of carboxylic acids is 1. The minimum Gasteiger partial charge on any atom is -0.479 e. The maximum absolute atomic E-state index is 10.7. The van der Waals surface area contributed by atoms with Gasteiger partial charge in [0.05, 0.1) is 6.54 Å². The number of nitrogens with zero attached hydrogens (tertiary/aromatic N) is 2. The SMILES string of the molecule is CC(O)(CNc1nc(-c2cccc(Cl)c2)no1)C(=O)O. The van der Waals surface area contributed by atoms with Crippen LogP contribution < -0.4 is 5.32 Å². The van der Waals surface area contributed by atoms with E-state index >= 15 is 0 Å². The van der Waals surface area contributed by atoms with Crippen LogP contribution in [0.1, 0.15) is 6.92 Å². The highest BCUT2D eigenvalue weighted by Crippen LogP contribution is 2.21. The van der Waals surface area contributed by atoms with Gasteiger partial charge in [-0.3, -0.25) is 0 Å². The molecule has 3 N–H and O–H groups in total. The second-order valence-corrected chi connectivity index (χ2v) is 4.80. The molecule has 7 nitrogen and oxygen atoms in total. The molecule has 8 heteroatoms. The summed E-state index contributed by atoms with van der Waals surface area (Å²) in [5.74, 6) is -1.04. The van der Waals surface area contributed by atoms with E-state index in [0.717, 1.165) is 6.92 Å². The first kappa shape index (κ1) is 14.3. The van der Waals surface area contributed by atoms with Crippen molar-refractivity contribution < 1.29 is 19.5 Å². The molecule has 0 bridgehead atoms. The van der Waals surface area contributed by atoms with Gasteiger partial charge in [-0.25, -0.2) is 4.79 Å². The van der Waals surface area contributed by atoms with Crippen LogP contribution in [0.15, 0.2) is 28.8 Å². The lowest BCUT2D eigenvalue weighted by molar-refractivity contribution is -0.155. The number of carbonyl (C=O) groups is 1. The fraction of sp³-hybridized carbons (Fsp3) is 0.250. The largest absolute Gasteiger partial charge is 0.479 e. The lowest BCUT2D eigenvalue weighted by atomic mass is 10.1. The molecule has 1 unspecified atom stereocenters. The number of aromatic nitrogens is 2. The van der Waals surface area contributed by atoms with E-state index in [1.54, 1.807) is 24.3 Å². The zero-order valence-corrected chi connectivity index (χ0v) is 11.3. The van der Waals surface area contributed by atoms with Gasteiger partial charge in [-0.05, 0) is 19.1 Å². The van der Waals surface area contributed by atoms with Crippen LogP contribution in [0.5, 0.6) is 0 Å². The van der Waals surface area contributed by atoms with Crippen molar-refractivity contribution in [2.75, 3.05) is 11.9 Å². The van der Waals surface area contributed by atoms with Crippen LogP contribution in [0.4, 0.5) is 6.01 Å². The van der Waals surface area contributed by atoms with Gasteiger partial charge in [-0.15, -0.1) is 0 Å². The summed E-state index contributed by atoms with van der Waals surface area (Å²) >= 11 is 5.86. The molecule has 0 radical (unpaired) electrons. The Morgan fingerprint density at radius 2 is 2.30 bits per heavy atom. The highest BCUT2D eigenvalue weighted by Gasteiger charge is 2.30. The van der Waals surface area contributed by atoms with Gasteiger partial charge in [-0.2, -0.15) is 4.98 Å². The minimum absolute atomic E-state index is 0.0153. The van der Waals surface area contributed by atoms with Gasteiger partial charge in [0.2, 0.25) is 5.82 Å². The molecule has 1 aromatic heterocycles. The molecule has 0 aliphatic heterocycles. The highest BCUT2D eigenvalue weighted by molar-refractivity contribution is 6.30. The molecule has 1 atom stereocenters. The van der Waals surface area contributed by atoms with Crippen LogP contribution in [0.25, 0.3) is 11.4 Å². The zero-order chi connectivity index (χ0) is 14.8. The second kappa shape index (κ2) is 5.48. The number of hydrogen-bond acceptors (Lipinski definition) is 6. The molecule has 0 saturated carbocycles. The summed E-state index contributed by atoms with van der Waals surface area (Å²) in [5, 5.41) is 25.1. The van der Waals surface area contributed by atoms with Crippen LogP contribution in [0.3, 0.4) is 0 Å². The first-order chi connectivity index (χ1) is 9.38. The summed E-state index contributed by atoms with van der Waals surface area (Å²) in [6.45, 7) is 0.899. The predicted octanol–water partition coefficient (Wildman–Crippen LogP) is 1.64. The van der Waals surface area contributed by atoms with Crippen LogP contribution in [-0.2, 0) is 4.79 Å². The second-order valence-electron chi connectivity index (χ2n) is 4.37. The topological polar surface area (TPSA) is 108 Å². The Bertz CT molecular complexity index is 627. The number of aliphatic carboxylic acids is 1. The Kier molecular flexibility index (Phi) is 3.91. The molecule has 20 heavy (non-hydrogen) atoms. The van der Waals surface area contributed by atoms with E-state index in [1.807, 2.05) is 0 Å². The van der Waals surface area contributed by atoms with E-state index in [1.165, 1.54) is 0 Å². The van der Waals surface area contributed by atoms with Crippen molar-refractivity contribution >= 4 is 23.6 Å². The normalized spacial score (nSPS) is 13.8. The quantitative estimate of drug-likeness (QED) is 0.769. The third-order valence-corrected chi connectivity index (χ3v) is 2.79. The van der Waals surface area contributed by atoms with Crippen molar-refractivity contribution in [3.8, 4) is 11.4 Å². The number of carboxylic acid groups (broad SMARTS) is 1. The molecule has 2 rings (SSSR count). The number of benzene rings is 1. The van der Waals surface area contributed by atoms with Crippen LogP contribution in [-0.4, -0.2) is 38.5 Å². The Morgan fingerprint density at radius 3 is 2.95 bits per heavy atom. The van der Waals surface area contributed by atoms with Gasteiger partial charge in [0.1, 0.15) is 0 Å². The van der Waals surface area contributed by atoms with Crippen molar-refractivity contribution in [1.82, 2.24) is 10.1 Å². The van der Waals surface area contributed by atoms with Crippen LogP contribution in [0, 0.1) is 0 Å². The van der Waals surface area contributed by atoms with Gasteiger partial charge in [0, 0.05) is 10.6 Å². The number of anilines is 1. The first-order valence-electron chi connectivity index (χ1n) is 5.68. The fourth-order valence-corrected chi connectivity index (χ4v) is 1.55. The van der Waals surface area contributed by atoms with Gasteiger partial charge in [-0.1, -0.05) is 28.9 Å². The highest BCUT2D eigenvalue weighted by atomic mass is 35.5. The first-order valence-corrected chi connectivity index (χ1v) is 6.05. The summed E-state index contributed by atoms with van der Waals surface area (Å²) < 4.78 is 4.91. The predicted molar refractivity (Wildman–Crippen MR) is 71.5 cm³/mol. The Labute approximate surface area is 119 Å². The Hall–Kier alpha value is -2.12. The molecule has 0 spiro atoms. The summed E-state index contributed by atoms with van der Waals surface area (Å²) in [6.07, 6.45) is 0. The molecule has 1 heterocycles. The van der Waals surface area contributed by atoms with Crippen molar-refractivity contribution in [2.24, 2.45) is 0 Å². The molecule has 0 aliphatic rings. The smallest absolute Gasteiger partial charge is 0.337 e. The number of aliphatic hydroxyl groups is 1. The molecule has 0 saturated heterocycles. The maximum Gasteiger partial charge on any atom is 0.337 e. The van der Waals surface area contributed by atoms with Crippen molar-refractivity contribution in [2.45, 2.75) is 12.5 Å². The molecule has 2 aromatic rings. The van der Waals surface area contributed by atoms with Crippen molar-refractivity contribution in [3.63, 3.8) is 0 Å². The average molecular weight is 298 g/mol. The summed E-state index contributed by atoms with van der Waals surface area (Å²) in [7, 11) is 0. The number of nitrogens with one attached hydrogen (secondary N) is 1. The Balaban J connectivity index is 2.08. The van der Waals surface area contributed by atoms with Gasteiger partial charge < -0.3 is 20.1 Å². The van der Waals surface area contributed by atoms with Gasteiger partial charge in [0.25, 0.3) is 0 Å². The maximum atomic E-state index is 10.7. The lowest BCUT2D eigenvalue weighted by Gasteiger charge is -2.16. The third-order valence-electron chi connectivity index (χ3n) is 2.55. The van der Waals surface area contributed by atoms with E-state index < -0.39 is 11.6 Å². The van der Waals surface area contributed by atoms with E-state index in [4.69, 9.17) is 21.2 Å². The lowest BCUT2D eigenvalue weighted by Crippen LogP contribution is -2.41. The van der Waals surface area contributed by atoms with E-state index in [-0.39, 0.29) is 12.6 Å². The van der Waals surface area contributed by atoms with Crippen molar-refractivity contribution in [3.05, 3.63) is 29.3 Å². The number of rotatable bonds is 5. The Morgan fingerprint density at radius 1 is 1.55 bits per heavy atom. The molecule has 0 fully saturated rings.